The molecule has 1 amide bonds. The summed E-state index contributed by atoms with van der Waals surface area (Å²) >= 11 is 0. The number of hydrogen-bond acceptors (Lipinski definition) is 4. The lowest BCUT2D eigenvalue weighted by molar-refractivity contribution is -0.130. The number of carbonyl (C=O) groups is 1. The van der Waals surface area contributed by atoms with E-state index in [1.165, 1.54) is 10.9 Å². The van der Waals surface area contributed by atoms with E-state index in [1.807, 2.05) is 19.1 Å². The number of rotatable bonds is 7. The number of aromatic nitrogens is 2. The molecule has 7 heteroatoms. The van der Waals surface area contributed by atoms with Gasteiger partial charge in [-0.1, -0.05) is 26.0 Å². The summed E-state index contributed by atoms with van der Waals surface area (Å²) in [7, 11) is 1.78. The van der Waals surface area contributed by atoms with Crippen LogP contribution in [0.4, 0.5) is 0 Å². The van der Waals surface area contributed by atoms with Gasteiger partial charge < -0.3 is 10.6 Å². The van der Waals surface area contributed by atoms with Crippen molar-refractivity contribution in [2.75, 3.05) is 13.6 Å². The molecule has 6 nitrogen and oxygen atoms in total. The fourth-order valence-corrected chi connectivity index (χ4v) is 2.70. The highest BCUT2D eigenvalue weighted by Crippen LogP contribution is 2.11. The van der Waals surface area contributed by atoms with Crippen LogP contribution in [0.25, 0.3) is 10.9 Å². The number of carbonyl (C=O) groups excluding carboxylic acids is 1. The Kier molecular flexibility index (Phi) is 8.24. The second-order valence-corrected chi connectivity index (χ2v) is 6.98. The second kappa shape index (κ2) is 9.69. The van der Waals surface area contributed by atoms with Crippen LogP contribution < -0.4 is 11.3 Å². The summed E-state index contributed by atoms with van der Waals surface area (Å²) in [6.45, 7) is 7.04. The number of para-hydroxylation sites is 1. The number of aryl methyl sites for hydroxylation is 2. The Balaban J connectivity index is 0.00000338. The topological polar surface area (TPSA) is 81.2 Å². The Morgan fingerprint density at radius 3 is 2.69 bits per heavy atom. The summed E-state index contributed by atoms with van der Waals surface area (Å²) in [4.78, 5) is 30.9. The maximum absolute atomic E-state index is 12.5. The molecule has 1 aromatic carbocycles. The van der Waals surface area contributed by atoms with Crippen LogP contribution in [-0.4, -0.2) is 40.0 Å². The quantitative estimate of drug-likeness (QED) is 0.799. The van der Waals surface area contributed by atoms with Gasteiger partial charge in [-0.05, 0) is 30.9 Å². The van der Waals surface area contributed by atoms with Crippen molar-refractivity contribution in [1.29, 1.82) is 0 Å². The molecule has 0 bridgehead atoms. The van der Waals surface area contributed by atoms with E-state index in [0.29, 0.717) is 24.4 Å². The van der Waals surface area contributed by atoms with E-state index in [2.05, 4.69) is 18.8 Å². The van der Waals surface area contributed by atoms with Crippen molar-refractivity contribution in [3.8, 4) is 0 Å². The van der Waals surface area contributed by atoms with E-state index in [-0.39, 0.29) is 36.3 Å². The van der Waals surface area contributed by atoms with E-state index < -0.39 is 0 Å². The zero-order chi connectivity index (χ0) is 18.6. The largest absolute Gasteiger partial charge is 0.346 e. The smallest absolute Gasteiger partial charge is 0.261 e. The number of amides is 1. The molecule has 1 atom stereocenters. The number of fused-ring (bicyclic) bond motifs is 1. The predicted molar refractivity (Wildman–Crippen MR) is 108 cm³/mol. The first-order valence-corrected chi connectivity index (χ1v) is 8.75. The highest BCUT2D eigenvalue weighted by molar-refractivity contribution is 5.85. The Morgan fingerprint density at radius 1 is 1.35 bits per heavy atom. The standard InChI is InChI=1S/C19H28N4O2.ClH/c1-13(2)16(20)8-10-22(4)17(24)9-11-23-12-21-18-14(3)6-5-7-15(18)19(23)25;/h5-7,12-13,16H,8-11,20H2,1-4H3;1H. The average Bonchev–Trinajstić information content (AvgIpc) is 2.59. The summed E-state index contributed by atoms with van der Waals surface area (Å²) in [5.41, 5.74) is 7.61. The minimum atomic E-state index is -0.106. The fraction of sp³-hybridized carbons (Fsp3) is 0.526. The first kappa shape index (κ1) is 22.1. The summed E-state index contributed by atoms with van der Waals surface area (Å²) in [6, 6.07) is 5.64. The summed E-state index contributed by atoms with van der Waals surface area (Å²) in [5.74, 6) is 0.404. The van der Waals surface area contributed by atoms with E-state index in [1.54, 1.807) is 18.0 Å². The molecule has 0 radical (unpaired) electrons. The normalized spacial score (nSPS) is 12.1. The second-order valence-electron chi connectivity index (χ2n) is 6.98. The lowest BCUT2D eigenvalue weighted by Gasteiger charge is -2.21. The van der Waals surface area contributed by atoms with Gasteiger partial charge in [-0.15, -0.1) is 12.4 Å². The molecule has 0 aliphatic carbocycles. The van der Waals surface area contributed by atoms with Crippen LogP contribution >= 0.6 is 12.4 Å². The lowest BCUT2D eigenvalue weighted by atomic mass is 10.0. The Morgan fingerprint density at radius 2 is 2.04 bits per heavy atom. The Hall–Kier alpha value is -1.92. The van der Waals surface area contributed by atoms with E-state index in [0.717, 1.165) is 17.5 Å². The molecular formula is C19H29ClN4O2. The van der Waals surface area contributed by atoms with E-state index >= 15 is 0 Å². The molecule has 0 spiro atoms. The van der Waals surface area contributed by atoms with Gasteiger partial charge in [0.05, 0.1) is 17.2 Å². The Bertz CT molecular complexity index is 804. The SMILES string of the molecule is Cc1cccc2c(=O)n(CCC(=O)N(C)CCC(N)C(C)C)cnc12.Cl. The van der Waals surface area contributed by atoms with E-state index in [9.17, 15) is 9.59 Å². The zero-order valence-electron chi connectivity index (χ0n) is 15.9. The number of hydrogen-bond donors (Lipinski definition) is 1. The predicted octanol–water partition coefficient (Wildman–Crippen LogP) is 2.35. The Labute approximate surface area is 160 Å². The van der Waals surface area contributed by atoms with Crippen molar-refractivity contribution in [1.82, 2.24) is 14.5 Å². The molecule has 0 aliphatic rings. The molecule has 0 fully saturated rings. The highest BCUT2D eigenvalue weighted by Gasteiger charge is 2.13. The first-order chi connectivity index (χ1) is 11.8. The third-order valence-corrected chi connectivity index (χ3v) is 4.70. The summed E-state index contributed by atoms with van der Waals surface area (Å²) < 4.78 is 1.51. The van der Waals surface area contributed by atoms with E-state index in [4.69, 9.17) is 5.73 Å². The molecule has 2 N–H and O–H groups in total. The lowest BCUT2D eigenvalue weighted by Crippen LogP contribution is -2.35. The van der Waals surface area contributed by atoms with Gasteiger partial charge in [0.15, 0.2) is 0 Å². The van der Waals surface area contributed by atoms with Crippen LogP contribution in [0.15, 0.2) is 29.3 Å². The van der Waals surface area contributed by atoms with Crippen LogP contribution in [0.5, 0.6) is 0 Å². The molecule has 0 saturated carbocycles. The molecule has 1 heterocycles. The zero-order valence-corrected chi connectivity index (χ0v) is 16.8. The van der Waals surface area contributed by atoms with Crippen LogP contribution in [0.3, 0.4) is 0 Å². The van der Waals surface area contributed by atoms with Gasteiger partial charge in [0.25, 0.3) is 5.56 Å². The molecule has 2 rings (SSSR count). The van der Waals surface area contributed by atoms with Crippen molar-refractivity contribution in [3.63, 3.8) is 0 Å². The van der Waals surface area contributed by atoms with Crippen molar-refractivity contribution < 1.29 is 4.79 Å². The molecule has 2 aromatic rings. The fourth-order valence-electron chi connectivity index (χ4n) is 2.70. The van der Waals surface area contributed by atoms with Gasteiger partial charge in [0, 0.05) is 32.6 Å². The van der Waals surface area contributed by atoms with Gasteiger partial charge >= 0.3 is 0 Å². The minimum absolute atomic E-state index is 0. The van der Waals surface area contributed by atoms with Crippen LogP contribution in [0, 0.1) is 12.8 Å². The number of benzene rings is 1. The van der Waals surface area contributed by atoms with Gasteiger partial charge in [-0.2, -0.15) is 0 Å². The van der Waals surface area contributed by atoms with Crippen LogP contribution in [0.2, 0.25) is 0 Å². The van der Waals surface area contributed by atoms with Gasteiger partial charge in [0.2, 0.25) is 5.91 Å². The number of nitrogens with zero attached hydrogens (tertiary/aromatic N) is 3. The molecule has 0 aliphatic heterocycles. The maximum Gasteiger partial charge on any atom is 0.261 e. The molecule has 0 saturated heterocycles. The van der Waals surface area contributed by atoms with Crippen molar-refractivity contribution >= 4 is 29.2 Å². The number of halogens is 1. The van der Waals surface area contributed by atoms with Gasteiger partial charge in [0.1, 0.15) is 0 Å². The average molecular weight is 381 g/mol. The molecule has 1 unspecified atom stereocenters. The van der Waals surface area contributed by atoms with Crippen LogP contribution in [0.1, 0.15) is 32.3 Å². The summed E-state index contributed by atoms with van der Waals surface area (Å²) in [6.07, 6.45) is 2.57. The molecular weight excluding hydrogens is 352 g/mol. The van der Waals surface area contributed by atoms with Gasteiger partial charge in [-0.3, -0.25) is 14.2 Å². The highest BCUT2D eigenvalue weighted by atomic mass is 35.5. The van der Waals surface area contributed by atoms with Gasteiger partial charge in [-0.25, -0.2) is 4.98 Å². The molecule has 26 heavy (non-hydrogen) atoms. The third kappa shape index (κ3) is 5.29. The third-order valence-electron chi connectivity index (χ3n) is 4.70. The molecule has 1 aromatic heterocycles. The van der Waals surface area contributed by atoms with Crippen molar-refractivity contribution in [2.45, 2.75) is 46.2 Å². The monoisotopic (exact) mass is 380 g/mol. The minimum Gasteiger partial charge on any atom is -0.346 e. The van der Waals surface area contributed by atoms with Crippen molar-refractivity contribution in [3.05, 3.63) is 40.4 Å². The number of nitrogens with two attached hydrogens (primary N) is 1. The van der Waals surface area contributed by atoms with Crippen LogP contribution in [-0.2, 0) is 11.3 Å². The maximum atomic E-state index is 12.5. The molecule has 144 valence electrons. The first-order valence-electron chi connectivity index (χ1n) is 8.75. The summed E-state index contributed by atoms with van der Waals surface area (Å²) in [5, 5.41) is 0.589. The van der Waals surface area contributed by atoms with Crippen molar-refractivity contribution in [2.24, 2.45) is 11.7 Å².